The lowest BCUT2D eigenvalue weighted by molar-refractivity contribution is 0.221. The fourth-order valence-corrected chi connectivity index (χ4v) is 1.88. The first-order valence-corrected chi connectivity index (χ1v) is 5.23. The number of hydrogen-bond donors (Lipinski definition) is 1. The zero-order chi connectivity index (χ0) is 11.0. The second-order valence-electron chi connectivity index (χ2n) is 3.43. The molecule has 1 aliphatic heterocycles. The molecule has 5 heteroatoms. The standard InChI is InChI=1S/C10H11ClN2O2/c1-6-7(2-4-11)10(15)13-5-3-8(14)9(13)12-6/h3,5,8,14H,2,4H2,1H3. The summed E-state index contributed by atoms with van der Waals surface area (Å²) >= 11 is 5.62. The van der Waals surface area contributed by atoms with E-state index in [-0.39, 0.29) is 5.56 Å². The average Bonchev–Trinajstić information content (AvgIpc) is 2.55. The molecule has 15 heavy (non-hydrogen) atoms. The van der Waals surface area contributed by atoms with Gasteiger partial charge in [0.15, 0.2) is 0 Å². The molecule has 1 aromatic heterocycles. The van der Waals surface area contributed by atoms with Gasteiger partial charge in [0.1, 0.15) is 11.9 Å². The van der Waals surface area contributed by atoms with Crippen LogP contribution in [0.5, 0.6) is 0 Å². The molecule has 0 radical (unpaired) electrons. The molecule has 2 rings (SSSR count). The Morgan fingerprint density at radius 2 is 2.40 bits per heavy atom. The topological polar surface area (TPSA) is 55.1 Å². The van der Waals surface area contributed by atoms with E-state index in [2.05, 4.69) is 4.98 Å². The highest BCUT2D eigenvalue weighted by Gasteiger charge is 2.20. The van der Waals surface area contributed by atoms with Gasteiger partial charge >= 0.3 is 0 Å². The summed E-state index contributed by atoms with van der Waals surface area (Å²) in [6.45, 7) is 1.76. The van der Waals surface area contributed by atoms with Crippen molar-refractivity contribution < 1.29 is 5.11 Å². The highest BCUT2D eigenvalue weighted by molar-refractivity contribution is 6.17. The highest BCUT2D eigenvalue weighted by Crippen LogP contribution is 2.18. The van der Waals surface area contributed by atoms with Gasteiger partial charge < -0.3 is 5.11 Å². The molecule has 1 aromatic rings. The second kappa shape index (κ2) is 3.79. The van der Waals surface area contributed by atoms with Crippen molar-refractivity contribution in [2.75, 3.05) is 5.88 Å². The van der Waals surface area contributed by atoms with Crippen LogP contribution < -0.4 is 5.56 Å². The molecule has 4 nitrogen and oxygen atoms in total. The summed E-state index contributed by atoms with van der Waals surface area (Å²) in [5, 5.41) is 9.52. The van der Waals surface area contributed by atoms with E-state index >= 15 is 0 Å². The smallest absolute Gasteiger partial charge is 0.261 e. The monoisotopic (exact) mass is 226 g/mol. The van der Waals surface area contributed by atoms with Crippen molar-refractivity contribution in [3.8, 4) is 0 Å². The Bertz CT molecular complexity index is 479. The number of rotatable bonds is 2. The molecule has 0 aromatic carbocycles. The Hall–Kier alpha value is -1.13. The quantitative estimate of drug-likeness (QED) is 0.761. The molecular weight excluding hydrogens is 216 g/mol. The molecule has 80 valence electrons. The molecule has 0 amide bonds. The number of alkyl halides is 1. The minimum Gasteiger partial charge on any atom is -0.381 e. The van der Waals surface area contributed by atoms with E-state index in [1.165, 1.54) is 10.6 Å². The normalized spacial score (nSPS) is 18.2. The maximum Gasteiger partial charge on any atom is 0.261 e. The van der Waals surface area contributed by atoms with Gasteiger partial charge in [-0.2, -0.15) is 0 Å². The Balaban J connectivity index is 2.63. The van der Waals surface area contributed by atoms with Crippen LogP contribution >= 0.6 is 11.6 Å². The summed E-state index contributed by atoms with van der Waals surface area (Å²) in [5.74, 6) is 0.777. The molecule has 0 saturated carbocycles. The van der Waals surface area contributed by atoms with E-state index in [1.807, 2.05) is 0 Å². The lowest BCUT2D eigenvalue weighted by Gasteiger charge is -2.09. The Morgan fingerprint density at radius 1 is 1.67 bits per heavy atom. The number of halogens is 1. The van der Waals surface area contributed by atoms with Gasteiger partial charge in [0.05, 0.1) is 0 Å². The molecule has 1 N–H and O–H groups in total. The Kier molecular flexibility index (Phi) is 2.63. The lowest BCUT2D eigenvalue weighted by Crippen LogP contribution is -2.25. The van der Waals surface area contributed by atoms with E-state index in [4.69, 9.17) is 11.6 Å². The molecular formula is C10H11ClN2O2. The van der Waals surface area contributed by atoms with Crippen LogP contribution in [0.15, 0.2) is 10.9 Å². The van der Waals surface area contributed by atoms with Crippen molar-refractivity contribution in [2.24, 2.45) is 0 Å². The zero-order valence-corrected chi connectivity index (χ0v) is 9.03. The number of aryl methyl sites for hydroxylation is 1. The van der Waals surface area contributed by atoms with Gasteiger partial charge in [0.2, 0.25) is 0 Å². The number of aromatic nitrogens is 2. The molecule has 2 heterocycles. The molecule has 0 fully saturated rings. The maximum atomic E-state index is 11.9. The fourth-order valence-electron chi connectivity index (χ4n) is 1.69. The van der Waals surface area contributed by atoms with Crippen molar-refractivity contribution in [1.82, 2.24) is 9.55 Å². The lowest BCUT2D eigenvalue weighted by atomic mass is 10.2. The molecule has 1 atom stereocenters. The molecule has 1 aliphatic rings. The van der Waals surface area contributed by atoms with Crippen LogP contribution in [0.2, 0.25) is 0 Å². The molecule has 1 unspecified atom stereocenters. The minimum atomic E-state index is -0.776. The van der Waals surface area contributed by atoms with Crippen molar-refractivity contribution in [3.63, 3.8) is 0 Å². The van der Waals surface area contributed by atoms with Gasteiger partial charge in [0, 0.05) is 23.3 Å². The van der Waals surface area contributed by atoms with Crippen LogP contribution in [-0.2, 0) is 6.42 Å². The maximum absolute atomic E-state index is 11.9. The third-order valence-electron chi connectivity index (χ3n) is 2.47. The van der Waals surface area contributed by atoms with Crippen LogP contribution in [0.3, 0.4) is 0 Å². The second-order valence-corrected chi connectivity index (χ2v) is 3.81. The summed E-state index contributed by atoms with van der Waals surface area (Å²) < 4.78 is 1.37. The first-order chi connectivity index (χ1) is 7.15. The predicted molar refractivity (Wildman–Crippen MR) is 57.9 cm³/mol. The van der Waals surface area contributed by atoms with Gasteiger partial charge in [-0.05, 0) is 19.4 Å². The Morgan fingerprint density at radius 3 is 3.07 bits per heavy atom. The van der Waals surface area contributed by atoms with Crippen LogP contribution in [0.25, 0.3) is 6.20 Å². The number of aliphatic hydroxyl groups excluding tert-OH is 1. The van der Waals surface area contributed by atoms with Gasteiger partial charge in [-0.3, -0.25) is 9.36 Å². The third-order valence-corrected chi connectivity index (χ3v) is 2.66. The largest absolute Gasteiger partial charge is 0.381 e. The molecule has 0 aliphatic carbocycles. The number of aliphatic hydroxyl groups is 1. The van der Waals surface area contributed by atoms with E-state index in [9.17, 15) is 9.90 Å². The summed E-state index contributed by atoms with van der Waals surface area (Å²) in [7, 11) is 0. The molecule has 0 saturated heterocycles. The predicted octanol–water partition coefficient (Wildman–Crippen LogP) is 0.851. The van der Waals surface area contributed by atoms with E-state index < -0.39 is 6.10 Å². The SMILES string of the molecule is Cc1nc2n(c(=O)c1CCCl)C=CC2O. The van der Waals surface area contributed by atoms with E-state index in [1.54, 1.807) is 13.1 Å². The van der Waals surface area contributed by atoms with Crippen molar-refractivity contribution >= 4 is 17.8 Å². The summed E-state index contributed by atoms with van der Waals surface area (Å²) in [6.07, 6.45) is 2.81. The van der Waals surface area contributed by atoms with Crippen LogP contribution in [0.4, 0.5) is 0 Å². The van der Waals surface area contributed by atoms with E-state index in [0.717, 1.165) is 0 Å². The van der Waals surface area contributed by atoms with Crippen molar-refractivity contribution in [1.29, 1.82) is 0 Å². The molecule has 0 spiro atoms. The number of fused-ring (bicyclic) bond motifs is 1. The minimum absolute atomic E-state index is 0.133. The van der Waals surface area contributed by atoms with Crippen LogP contribution in [-0.4, -0.2) is 20.5 Å². The number of nitrogens with zero attached hydrogens (tertiary/aromatic N) is 2. The summed E-state index contributed by atoms with van der Waals surface area (Å²) in [5.41, 5.74) is 1.13. The third kappa shape index (κ3) is 1.60. The zero-order valence-electron chi connectivity index (χ0n) is 8.27. The average molecular weight is 227 g/mol. The van der Waals surface area contributed by atoms with Gasteiger partial charge in [-0.25, -0.2) is 4.98 Å². The van der Waals surface area contributed by atoms with E-state index in [0.29, 0.717) is 29.4 Å². The first kappa shape index (κ1) is 10.4. The fraction of sp³-hybridized carbons (Fsp3) is 0.400. The van der Waals surface area contributed by atoms with Gasteiger partial charge in [0.25, 0.3) is 5.56 Å². The van der Waals surface area contributed by atoms with Crippen molar-refractivity contribution in [2.45, 2.75) is 19.4 Å². The van der Waals surface area contributed by atoms with Gasteiger partial charge in [-0.1, -0.05) is 0 Å². The summed E-state index contributed by atoms with van der Waals surface area (Å²) in [4.78, 5) is 16.1. The summed E-state index contributed by atoms with van der Waals surface area (Å²) in [6, 6.07) is 0. The van der Waals surface area contributed by atoms with Crippen LogP contribution in [0.1, 0.15) is 23.2 Å². The first-order valence-electron chi connectivity index (χ1n) is 4.69. The van der Waals surface area contributed by atoms with Crippen molar-refractivity contribution in [3.05, 3.63) is 33.5 Å². The van der Waals surface area contributed by atoms with Crippen LogP contribution in [0, 0.1) is 6.92 Å². The Labute approximate surface area is 91.8 Å². The molecule has 0 bridgehead atoms. The van der Waals surface area contributed by atoms with Gasteiger partial charge in [-0.15, -0.1) is 11.6 Å². The highest BCUT2D eigenvalue weighted by atomic mass is 35.5. The number of hydrogen-bond acceptors (Lipinski definition) is 3.